The molecule has 0 saturated heterocycles. The van der Waals surface area contributed by atoms with Gasteiger partial charge >= 0.3 is 160 Å². The summed E-state index contributed by atoms with van der Waals surface area (Å²) in [6.07, 6.45) is 12.0. The van der Waals surface area contributed by atoms with Gasteiger partial charge in [-0.1, -0.05) is 0 Å². The first-order valence-corrected chi connectivity index (χ1v) is 17.9. The summed E-state index contributed by atoms with van der Waals surface area (Å²) in [6.45, 7) is 10.5. The van der Waals surface area contributed by atoms with E-state index in [4.69, 9.17) is 5.11 Å². The molecule has 25 heavy (non-hydrogen) atoms. The number of aliphatic hydroxyl groups is 1. The van der Waals surface area contributed by atoms with Crippen molar-refractivity contribution in [2.45, 2.75) is 92.5 Å². The molecule has 4 heteroatoms. The van der Waals surface area contributed by atoms with Gasteiger partial charge in [-0.25, -0.2) is 0 Å². The van der Waals surface area contributed by atoms with Crippen LogP contribution in [0.2, 0.25) is 13.3 Å². The Balaban J connectivity index is 5.12. The number of hydrogen-bond donors (Lipinski definition) is 2. The van der Waals surface area contributed by atoms with E-state index in [0.717, 1.165) is 5.57 Å². The molecule has 0 fully saturated rings. The molecule has 0 aromatic carbocycles. The Kier molecular flexibility index (Phi) is 14.7. The molecule has 2 N–H and O–H groups in total. The molecule has 3 nitrogen and oxygen atoms in total. The summed E-state index contributed by atoms with van der Waals surface area (Å²) in [5, 5.41) is 11.9. The van der Waals surface area contributed by atoms with E-state index in [1.807, 2.05) is 19.9 Å². The molecule has 0 aromatic rings. The van der Waals surface area contributed by atoms with E-state index in [1.165, 1.54) is 51.8 Å². The zero-order chi connectivity index (χ0) is 19.1. The second-order valence-corrected chi connectivity index (χ2v) is 20.4. The van der Waals surface area contributed by atoms with E-state index in [0.29, 0.717) is 0 Å². The molecular weight excluding hydrogens is 417 g/mol. The van der Waals surface area contributed by atoms with Crippen molar-refractivity contribution in [2.75, 3.05) is 6.61 Å². The second kappa shape index (κ2) is 14.8. The van der Waals surface area contributed by atoms with Crippen molar-refractivity contribution < 1.29 is 9.90 Å². The summed E-state index contributed by atoms with van der Waals surface area (Å²) in [7, 11) is 0. The number of amides is 1. The van der Waals surface area contributed by atoms with Crippen LogP contribution in [0.25, 0.3) is 0 Å². The molecular formula is C21H41NO2Sn. The Morgan fingerprint density at radius 1 is 1.04 bits per heavy atom. The van der Waals surface area contributed by atoms with Gasteiger partial charge in [0.05, 0.1) is 0 Å². The predicted octanol–water partition coefficient (Wildman–Crippen LogP) is 5.37. The minimum absolute atomic E-state index is 0.0283. The van der Waals surface area contributed by atoms with Gasteiger partial charge in [-0.05, 0) is 0 Å². The summed E-state index contributed by atoms with van der Waals surface area (Å²) >= 11 is -2.25. The van der Waals surface area contributed by atoms with Crippen molar-refractivity contribution in [1.29, 1.82) is 0 Å². The topological polar surface area (TPSA) is 49.3 Å². The van der Waals surface area contributed by atoms with Crippen molar-refractivity contribution in [3.63, 3.8) is 0 Å². The number of aliphatic hydroxyl groups excluding tert-OH is 1. The third-order valence-corrected chi connectivity index (χ3v) is 19.0. The summed E-state index contributed by atoms with van der Waals surface area (Å²) < 4.78 is 6.91. The molecule has 146 valence electrons. The molecule has 0 rings (SSSR count). The summed E-state index contributed by atoms with van der Waals surface area (Å²) in [5.74, 6) is -0.0809. The Morgan fingerprint density at radius 2 is 1.52 bits per heavy atom. The first-order chi connectivity index (χ1) is 11.9. The molecule has 0 bridgehead atoms. The average Bonchev–Trinajstić information content (AvgIpc) is 2.62. The molecule has 0 heterocycles. The van der Waals surface area contributed by atoms with Crippen molar-refractivity contribution in [1.82, 2.24) is 5.32 Å². The quantitative estimate of drug-likeness (QED) is 0.209. The van der Waals surface area contributed by atoms with Crippen LogP contribution in [0.1, 0.15) is 73.1 Å². The van der Waals surface area contributed by atoms with Crippen LogP contribution in [-0.2, 0) is 4.79 Å². The molecule has 0 aliphatic carbocycles. The fourth-order valence-electron chi connectivity index (χ4n) is 3.07. The van der Waals surface area contributed by atoms with Gasteiger partial charge in [-0.15, -0.1) is 0 Å². The van der Waals surface area contributed by atoms with Crippen LogP contribution in [0.5, 0.6) is 0 Å². The maximum atomic E-state index is 12.1. The molecule has 0 aliphatic rings. The first kappa shape index (κ1) is 24.7. The fourth-order valence-corrected chi connectivity index (χ4v) is 17.1. The molecule has 1 atom stereocenters. The number of allylic oxidation sites excluding steroid dienone is 2. The molecule has 0 aromatic heterocycles. The van der Waals surface area contributed by atoms with Gasteiger partial charge in [-0.3, -0.25) is 0 Å². The van der Waals surface area contributed by atoms with Gasteiger partial charge in [0.1, 0.15) is 0 Å². The minimum atomic E-state index is -2.25. The van der Waals surface area contributed by atoms with Gasteiger partial charge in [0.2, 0.25) is 0 Å². The third kappa shape index (κ3) is 11.1. The van der Waals surface area contributed by atoms with Gasteiger partial charge in [0.25, 0.3) is 0 Å². The Morgan fingerprint density at radius 3 is 1.92 bits per heavy atom. The number of nitrogens with one attached hydrogen (secondary N) is 1. The molecule has 0 saturated carbocycles. The Labute approximate surface area is 160 Å². The summed E-state index contributed by atoms with van der Waals surface area (Å²) in [5.41, 5.74) is 0.721. The van der Waals surface area contributed by atoms with Crippen LogP contribution >= 0.6 is 0 Å². The maximum absolute atomic E-state index is 12.1. The number of carbonyl (C=O) groups is 1. The van der Waals surface area contributed by atoms with Gasteiger partial charge in [0.15, 0.2) is 0 Å². The van der Waals surface area contributed by atoms with Crippen molar-refractivity contribution in [2.24, 2.45) is 0 Å². The van der Waals surface area contributed by atoms with E-state index in [2.05, 4.69) is 36.3 Å². The summed E-state index contributed by atoms with van der Waals surface area (Å²) in [4.78, 5) is 12.1. The van der Waals surface area contributed by atoms with E-state index >= 15 is 0 Å². The predicted molar refractivity (Wildman–Crippen MR) is 112 cm³/mol. The third-order valence-electron chi connectivity index (χ3n) is 4.89. The van der Waals surface area contributed by atoms with Crippen molar-refractivity contribution in [3.8, 4) is 0 Å². The first-order valence-electron chi connectivity index (χ1n) is 10.2. The van der Waals surface area contributed by atoms with Crippen LogP contribution in [0.15, 0.2) is 21.8 Å². The van der Waals surface area contributed by atoms with Gasteiger partial charge in [0, 0.05) is 0 Å². The number of unbranched alkanes of at least 4 members (excludes halogenated alkanes) is 3. The van der Waals surface area contributed by atoms with E-state index in [1.54, 1.807) is 0 Å². The number of carbonyl (C=O) groups excluding carboxylic acids is 1. The summed E-state index contributed by atoms with van der Waals surface area (Å²) in [6, 6.07) is -0.197. The van der Waals surface area contributed by atoms with Crippen LogP contribution in [0.4, 0.5) is 0 Å². The molecule has 1 amide bonds. The zero-order valence-corrected chi connectivity index (χ0v) is 20.1. The number of hydrogen-bond acceptors (Lipinski definition) is 2. The van der Waals surface area contributed by atoms with Crippen molar-refractivity contribution >= 4 is 24.3 Å². The average molecular weight is 458 g/mol. The van der Waals surface area contributed by atoms with E-state index in [9.17, 15) is 4.79 Å². The van der Waals surface area contributed by atoms with E-state index in [-0.39, 0.29) is 18.6 Å². The van der Waals surface area contributed by atoms with Crippen LogP contribution in [0.3, 0.4) is 0 Å². The zero-order valence-electron chi connectivity index (χ0n) is 17.2. The fraction of sp³-hybridized carbons (Fsp3) is 0.762. The standard InChI is InChI=1S/C9H14NO2.3C4H9.Sn/c1-4-5-7(2)9(12)10-8(3)6-11;3*1-3-4-2;/h1,4-5,8,11H,6H2,2-3H3,(H,10,12);3*1,3-4H2,2H3;/b4-1?,7-5+;;;;/t8-;;;;/m0..../s1. The van der Waals surface area contributed by atoms with E-state index < -0.39 is 18.4 Å². The molecule has 0 radical (unpaired) electrons. The Hall–Kier alpha value is -0.291. The van der Waals surface area contributed by atoms with Crippen LogP contribution in [-0.4, -0.2) is 42.0 Å². The van der Waals surface area contributed by atoms with Crippen LogP contribution < -0.4 is 5.32 Å². The molecule has 0 unspecified atom stereocenters. The molecule has 0 aliphatic heterocycles. The monoisotopic (exact) mass is 459 g/mol. The van der Waals surface area contributed by atoms with Crippen LogP contribution in [0, 0.1) is 0 Å². The van der Waals surface area contributed by atoms with Crippen molar-refractivity contribution in [3.05, 3.63) is 21.8 Å². The Bertz CT molecular complexity index is 396. The molecule has 0 spiro atoms. The normalized spacial score (nSPS) is 14.1. The number of rotatable bonds is 14. The van der Waals surface area contributed by atoms with Gasteiger partial charge in [-0.2, -0.15) is 0 Å². The second-order valence-electron chi connectivity index (χ2n) is 7.44. The van der Waals surface area contributed by atoms with Gasteiger partial charge < -0.3 is 0 Å². The SMILES string of the molecule is CCC[CH2][Sn](/[CH]=C/C=C(\C)C(=O)N[C@@H](C)CO)([CH2]CCC)[CH2]CCC.